The van der Waals surface area contributed by atoms with Crippen molar-refractivity contribution in [3.63, 3.8) is 0 Å². The standard InChI is InChI=1S/C20H15ClF3N3O4S/c1-11-7-13(27-31-11)10-32-18-14(3-2-6-25-18)19(29)30-9-17(28)26-12-4-5-16(21)15(8-12)20(22,23)24/h2-8H,9-10H2,1H3,(H,26,28). The average molecular weight is 486 g/mol. The molecule has 0 atom stereocenters. The number of esters is 1. The van der Waals surface area contributed by atoms with E-state index in [9.17, 15) is 22.8 Å². The van der Waals surface area contributed by atoms with Crippen LogP contribution in [0.15, 0.2) is 52.1 Å². The number of carbonyl (C=O) groups is 2. The molecule has 2 aromatic heterocycles. The molecule has 3 aromatic rings. The fraction of sp³-hybridized carbons (Fsp3) is 0.200. The molecule has 0 aliphatic carbocycles. The molecule has 1 aromatic carbocycles. The minimum absolute atomic E-state index is 0.136. The number of halogens is 4. The number of nitrogens with one attached hydrogen (secondary N) is 1. The minimum atomic E-state index is -4.68. The molecule has 12 heteroatoms. The second-order valence-corrected chi connectivity index (χ2v) is 7.76. The highest BCUT2D eigenvalue weighted by atomic mass is 35.5. The van der Waals surface area contributed by atoms with E-state index in [0.29, 0.717) is 28.3 Å². The molecule has 0 unspecified atom stereocenters. The van der Waals surface area contributed by atoms with E-state index < -0.39 is 35.2 Å². The van der Waals surface area contributed by atoms with E-state index in [1.807, 2.05) is 0 Å². The smallest absolute Gasteiger partial charge is 0.417 e. The van der Waals surface area contributed by atoms with Gasteiger partial charge in [0.1, 0.15) is 10.8 Å². The van der Waals surface area contributed by atoms with Gasteiger partial charge in [-0.1, -0.05) is 28.5 Å². The van der Waals surface area contributed by atoms with Crippen molar-refractivity contribution in [3.8, 4) is 0 Å². The first-order valence-corrected chi connectivity index (χ1v) is 10.3. The zero-order valence-corrected chi connectivity index (χ0v) is 18.0. The maximum absolute atomic E-state index is 12.9. The van der Waals surface area contributed by atoms with Crippen molar-refractivity contribution in [1.29, 1.82) is 0 Å². The second-order valence-electron chi connectivity index (χ2n) is 6.39. The van der Waals surface area contributed by atoms with Crippen molar-refractivity contribution >= 4 is 40.9 Å². The monoisotopic (exact) mass is 485 g/mol. The van der Waals surface area contributed by atoms with Gasteiger partial charge in [0.2, 0.25) is 0 Å². The van der Waals surface area contributed by atoms with Crippen molar-refractivity contribution in [2.45, 2.75) is 23.9 Å². The first-order valence-electron chi connectivity index (χ1n) is 8.97. The first-order chi connectivity index (χ1) is 15.1. The number of aryl methyl sites for hydroxylation is 1. The Morgan fingerprint density at radius 3 is 2.72 bits per heavy atom. The minimum Gasteiger partial charge on any atom is -0.452 e. The molecule has 0 bridgehead atoms. The molecule has 0 spiro atoms. The van der Waals surface area contributed by atoms with E-state index in [4.69, 9.17) is 20.9 Å². The van der Waals surface area contributed by atoms with Crippen LogP contribution in [0.25, 0.3) is 0 Å². The number of anilines is 1. The summed E-state index contributed by atoms with van der Waals surface area (Å²) in [6, 6.07) is 7.69. The summed E-state index contributed by atoms with van der Waals surface area (Å²) in [5.74, 6) is -0.577. The van der Waals surface area contributed by atoms with Gasteiger partial charge in [0.15, 0.2) is 6.61 Å². The molecule has 3 rings (SSSR count). The molecule has 0 fully saturated rings. The molecular weight excluding hydrogens is 471 g/mol. The van der Waals surface area contributed by atoms with Crippen LogP contribution in [0.4, 0.5) is 18.9 Å². The van der Waals surface area contributed by atoms with Crippen LogP contribution in [0.5, 0.6) is 0 Å². The maximum Gasteiger partial charge on any atom is 0.417 e. The lowest BCUT2D eigenvalue weighted by Crippen LogP contribution is -2.21. The van der Waals surface area contributed by atoms with E-state index in [2.05, 4.69) is 15.5 Å². The number of aromatic nitrogens is 2. The van der Waals surface area contributed by atoms with Gasteiger partial charge in [-0.15, -0.1) is 0 Å². The van der Waals surface area contributed by atoms with Gasteiger partial charge in [-0.25, -0.2) is 9.78 Å². The number of ether oxygens (including phenoxy) is 1. The Bertz CT molecular complexity index is 1140. The van der Waals surface area contributed by atoms with Crippen LogP contribution in [0.1, 0.15) is 27.4 Å². The Hall–Kier alpha value is -3.05. The summed E-state index contributed by atoms with van der Waals surface area (Å²) in [6.45, 7) is 1.05. The van der Waals surface area contributed by atoms with Gasteiger partial charge in [-0.3, -0.25) is 4.79 Å². The third-order valence-electron chi connectivity index (χ3n) is 3.91. The summed E-state index contributed by atoms with van der Waals surface area (Å²) >= 11 is 6.78. The fourth-order valence-electron chi connectivity index (χ4n) is 2.52. The molecule has 0 saturated heterocycles. The predicted molar refractivity (Wildman–Crippen MR) is 110 cm³/mol. The van der Waals surface area contributed by atoms with E-state index in [0.717, 1.165) is 6.07 Å². The Kier molecular flexibility index (Phi) is 7.41. The number of alkyl halides is 3. The molecule has 32 heavy (non-hydrogen) atoms. The number of pyridine rings is 1. The molecule has 1 amide bonds. The lowest BCUT2D eigenvalue weighted by Gasteiger charge is -2.12. The van der Waals surface area contributed by atoms with Crippen LogP contribution in [0.2, 0.25) is 5.02 Å². The number of thioether (sulfide) groups is 1. The highest BCUT2D eigenvalue weighted by Gasteiger charge is 2.33. The number of hydrogen-bond acceptors (Lipinski definition) is 7. The highest BCUT2D eigenvalue weighted by molar-refractivity contribution is 7.98. The zero-order chi connectivity index (χ0) is 23.3. The van der Waals surface area contributed by atoms with E-state index in [1.165, 1.54) is 36.2 Å². The van der Waals surface area contributed by atoms with Gasteiger partial charge in [-0.05, 0) is 37.3 Å². The molecule has 1 N–H and O–H groups in total. The summed E-state index contributed by atoms with van der Waals surface area (Å²) in [5, 5.41) is 5.97. The summed E-state index contributed by atoms with van der Waals surface area (Å²) in [4.78, 5) is 28.6. The lowest BCUT2D eigenvalue weighted by atomic mass is 10.2. The molecular formula is C20H15ClF3N3O4S. The summed E-state index contributed by atoms with van der Waals surface area (Å²) in [7, 11) is 0. The first kappa shape index (κ1) is 23.6. The van der Waals surface area contributed by atoms with Crippen LogP contribution < -0.4 is 5.32 Å². The van der Waals surface area contributed by atoms with Crippen LogP contribution in [-0.4, -0.2) is 28.6 Å². The Labute approximate surface area is 189 Å². The van der Waals surface area contributed by atoms with Crippen molar-refractivity contribution < 1.29 is 32.0 Å². The van der Waals surface area contributed by atoms with Crippen molar-refractivity contribution in [1.82, 2.24) is 10.1 Å². The van der Waals surface area contributed by atoms with Crippen LogP contribution in [-0.2, 0) is 21.5 Å². The third-order valence-corrected chi connectivity index (χ3v) is 5.28. The average Bonchev–Trinajstić information content (AvgIpc) is 3.16. The van der Waals surface area contributed by atoms with Crippen LogP contribution in [0, 0.1) is 6.92 Å². The van der Waals surface area contributed by atoms with E-state index in [1.54, 1.807) is 13.0 Å². The van der Waals surface area contributed by atoms with Gasteiger partial charge in [0.05, 0.1) is 21.8 Å². The Balaban J connectivity index is 1.59. The molecule has 0 radical (unpaired) electrons. The van der Waals surface area contributed by atoms with Crippen LogP contribution in [0.3, 0.4) is 0 Å². The number of hydrogen-bond donors (Lipinski definition) is 1. The van der Waals surface area contributed by atoms with Gasteiger partial charge < -0.3 is 14.6 Å². The highest BCUT2D eigenvalue weighted by Crippen LogP contribution is 2.36. The SMILES string of the molecule is Cc1cc(CSc2ncccc2C(=O)OCC(=O)Nc2ccc(Cl)c(C(F)(F)F)c2)no1. The van der Waals surface area contributed by atoms with Gasteiger partial charge in [-0.2, -0.15) is 13.2 Å². The topological polar surface area (TPSA) is 94.3 Å². The lowest BCUT2D eigenvalue weighted by molar-refractivity contribution is -0.137. The molecule has 168 valence electrons. The molecule has 0 saturated carbocycles. The summed E-state index contributed by atoms with van der Waals surface area (Å²) < 4.78 is 48.8. The number of amides is 1. The quantitative estimate of drug-likeness (QED) is 0.366. The van der Waals surface area contributed by atoms with Gasteiger partial charge >= 0.3 is 12.1 Å². The number of nitrogens with zero attached hydrogens (tertiary/aromatic N) is 2. The summed E-state index contributed by atoms with van der Waals surface area (Å²) in [6.07, 6.45) is -3.18. The van der Waals surface area contributed by atoms with Crippen LogP contribution >= 0.6 is 23.4 Å². The summed E-state index contributed by atoms with van der Waals surface area (Å²) in [5.41, 5.74) is -0.425. The Morgan fingerprint density at radius 1 is 1.25 bits per heavy atom. The van der Waals surface area contributed by atoms with Gasteiger partial charge in [0, 0.05) is 23.7 Å². The zero-order valence-electron chi connectivity index (χ0n) is 16.4. The van der Waals surface area contributed by atoms with Crippen molar-refractivity contribution in [2.24, 2.45) is 0 Å². The number of rotatable bonds is 7. The fourth-order valence-corrected chi connectivity index (χ4v) is 3.60. The van der Waals surface area contributed by atoms with E-state index >= 15 is 0 Å². The number of benzene rings is 1. The second kappa shape index (κ2) is 10.0. The third kappa shape index (κ3) is 6.24. The molecule has 2 heterocycles. The largest absolute Gasteiger partial charge is 0.452 e. The Morgan fingerprint density at radius 2 is 2.03 bits per heavy atom. The molecule has 7 nitrogen and oxygen atoms in total. The molecule has 0 aliphatic rings. The van der Waals surface area contributed by atoms with Crippen molar-refractivity contribution in [3.05, 3.63) is 70.2 Å². The van der Waals surface area contributed by atoms with E-state index in [-0.39, 0.29) is 11.3 Å². The number of carbonyl (C=O) groups excluding carboxylic acids is 2. The normalized spacial score (nSPS) is 11.3. The van der Waals surface area contributed by atoms with Gasteiger partial charge in [0.25, 0.3) is 5.91 Å². The molecule has 0 aliphatic heterocycles. The maximum atomic E-state index is 12.9. The predicted octanol–water partition coefficient (Wildman–Crippen LogP) is 5.14. The van der Waals surface area contributed by atoms with Crippen molar-refractivity contribution in [2.75, 3.05) is 11.9 Å².